The average molecular weight is 281 g/mol. The molecule has 0 aliphatic carbocycles. The second-order valence-electron chi connectivity index (χ2n) is 4.21. The molecule has 0 aliphatic rings. The first-order chi connectivity index (χ1) is 8.83. The minimum Gasteiger partial charge on any atom is -0.395 e. The summed E-state index contributed by atoms with van der Waals surface area (Å²) in [5.74, 6) is 1.26. The van der Waals surface area contributed by atoms with Gasteiger partial charge < -0.3 is 11.1 Å². The van der Waals surface area contributed by atoms with Crippen LogP contribution in [0.2, 0.25) is 0 Å². The van der Waals surface area contributed by atoms with Crippen LogP contribution >= 0.6 is 23.1 Å². The molecule has 2 aromatic rings. The van der Waals surface area contributed by atoms with Gasteiger partial charge >= 0.3 is 0 Å². The van der Waals surface area contributed by atoms with Crippen LogP contribution in [0.4, 0.5) is 11.4 Å². The van der Waals surface area contributed by atoms with E-state index in [1.54, 1.807) is 11.3 Å². The Morgan fingerprint density at radius 3 is 3.06 bits per heavy atom. The summed E-state index contributed by atoms with van der Waals surface area (Å²) in [5, 5.41) is 3.40. The molecule has 1 aromatic carbocycles. The Balaban J connectivity index is 1.86. The number of nitrogens with zero attached hydrogens (tertiary/aromatic N) is 1. The molecule has 0 saturated heterocycles. The molecule has 2 rings (SSSR count). The van der Waals surface area contributed by atoms with Crippen molar-refractivity contribution in [1.82, 2.24) is 4.98 Å². The molecule has 1 heterocycles. The van der Waals surface area contributed by atoms with Crippen LogP contribution in [0.5, 0.6) is 0 Å². The zero-order valence-corrected chi connectivity index (χ0v) is 12.2. The van der Waals surface area contributed by atoms with Gasteiger partial charge in [-0.3, -0.25) is 0 Å². The number of nitrogens with one attached hydrogen (secondary N) is 1. The standard InChI is InChI=1S/C13H19N3S2/c1-17-8-4-2-3-7-15-10-5-6-11-13(12(10)14)16-9-18-11/h5-6,9,15H,2-4,7-8,14H2,1H3. The minimum absolute atomic E-state index is 0.776. The van der Waals surface area contributed by atoms with Crippen molar-refractivity contribution < 1.29 is 0 Å². The van der Waals surface area contributed by atoms with Gasteiger partial charge in [0.25, 0.3) is 0 Å². The van der Waals surface area contributed by atoms with Crippen LogP contribution in [0.25, 0.3) is 10.2 Å². The number of nitrogen functional groups attached to an aromatic ring is 1. The van der Waals surface area contributed by atoms with E-state index in [-0.39, 0.29) is 0 Å². The normalized spacial score (nSPS) is 10.9. The van der Waals surface area contributed by atoms with Gasteiger partial charge in [-0.1, -0.05) is 6.42 Å². The Labute approximate surface area is 116 Å². The minimum atomic E-state index is 0.776. The van der Waals surface area contributed by atoms with Crippen LogP contribution in [0.15, 0.2) is 17.6 Å². The summed E-state index contributed by atoms with van der Waals surface area (Å²) in [6.45, 7) is 0.980. The molecule has 0 amide bonds. The van der Waals surface area contributed by atoms with Crippen molar-refractivity contribution in [3.8, 4) is 0 Å². The van der Waals surface area contributed by atoms with Crippen LogP contribution in [0.1, 0.15) is 19.3 Å². The molecule has 0 unspecified atom stereocenters. The summed E-state index contributed by atoms with van der Waals surface area (Å²) < 4.78 is 1.15. The molecular formula is C13H19N3S2. The third-order valence-corrected chi connectivity index (χ3v) is 4.37. The fourth-order valence-electron chi connectivity index (χ4n) is 1.88. The fraction of sp³-hybridized carbons (Fsp3) is 0.462. The molecule has 1 aromatic heterocycles. The zero-order valence-electron chi connectivity index (χ0n) is 10.6. The van der Waals surface area contributed by atoms with E-state index in [4.69, 9.17) is 5.73 Å². The van der Waals surface area contributed by atoms with Crippen molar-refractivity contribution in [3.63, 3.8) is 0 Å². The number of unbranched alkanes of at least 4 members (excludes halogenated alkanes) is 2. The third kappa shape index (κ3) is 3.29. The highest BCUT2D eigenvalue weighted by Crippen LogP contribution is 2.29. The highest BCUT2D eigenvalue weighted by Gasteiger charge is 2.05. The van der Waals surface area contributed by atoms with Crippen molar-refractivity contribution in [3.05, 3.63) is 17.6 Å². The largest absolute Gasteiger partial charge is 0.395 e. The number of aromatic nitrogens is 1. The molecule has 18 heavy (non-hydrogen) atoms. The van der Waals surface area contributed by atoms with Gasteiger partial charge in [0, 0.05) is 6.54 Å². The lowest BCUT2D eigenvalue weighted by molar-refractivity contribution is 0.750. The van der Waals surface area contributed by atoms with Crippen LogP contribution < -0.4 is 11.1 Å². The number of anilines is 2. The third-order valence-electron chi connectivity index (χ3n) is 2.88. The molecule has 0 aliphatic heterocycles. The molecule has 0 spiro atoms. The Kier molecular flexibility index (Phi) is 5.13. The number of thiazole rings is 1. The molecule has 0 fully saturated rings. The quantitative estimate of drug-likeness (QED) is 0.598. The monoisotopic (exact) mass is 281 g/mol. The highest BCUT2D eigenvalue weighted by molar-refractivity contribution is 7.98. The van der Waals surface area contributed by atoms with Gasteiger partial charge in [0.15, 0.2) is 0 Å². The molecule has 0 saturated carbocycles. The van der Waals surface area contributed by atoms with E-state index >= 15 is 0 Å². The molecule has 3 N–H and O–H groups in total. The molecule has 0 atom stereocenters. The lowest BCUT2D eigenvalue weighted by Crippen LogP contribution is -2.04. The fourth-order valence-corrected chi connectivity index (χ4v) is 3.06. The van der Waals surface area contributed by atoms with E-state index in [0.717, 1.165) is 28.1 Å². The number of rotatable bonds is 7. The van der Waals surface area contributed by atoms with E-state index < -0.39 is 0 Å². The van der Waals surface area contributed by atoms with Crippen molar-refractivity contribution >= 4 is 44.7 Å². The summed E-state index contributed by atoms with van der Waals surface area (Å²) in [7, 11) is 0. The van der Waals surface area contributed by atoms with Gasteiger partial charge in [-0.15, -0.1) is 11.3 Å². The van der Waals surface area contributed by atoms with E-state index in [9.17, 15) is 0 Å². The summed E-state index contributed by atoms with van der Waals surface area (Å²) in [5.41, 5.74) is 10.7. The summed E-state index contributed by atoms with van der Waals surface area (Å²) in [6.07, 6.45) is 5.91. The van der Waals surface area contributed by atoms with E-state index in [0.29, 0.717) is 0 Å². The molecule has 3 nitrogen and oxygen atoms in total. The van der Waals surface area contributed by atoms with Crippen LogP contribution in [0.3, 0.4) is 0 Å². The first-order valence-electron chi connectivity index (χ1n) is 6.17. The Hall–Kier alpha value is -0.940. The SMILES string of the molecule is CSCCCCCNc1ccc2scnc2c1N. The lowest BCUT2D eigenvalue weighted by Gasteiger charge is -2.09. The van der Waals surface area contributed by atoms with Gasteiger partial charge in [-0.05, 0) is 37.0 Å². The lowest BCUT2D eigenvalue weighted by atomic mass is 10.2. The molecule has 5 heteroatoms. The van der Waals surface area contributed by atoms with Crippen LogP contribution in [-0.4, -0.2) is 23.5 Å². The van der Waals surface area contributed by atoms with Crippen LogP contribution in [-0.2, 0) is 0 Å². The number of thioether (sulfide) groups is 1. The highest BCUT2D eigenvalue weighted by atomic mass is 32.2. The van der Waals surface area contributed by atoms with Crippen LogP contribution in [0, 0.1) is 0 Å². The number of benzene rings is 1. The number of hydrogen-bond donors (Lipinski definition) is 2. The van der Waals surface area contributed by atoms with Crippen molar-refractivity contribution in [1.29, 1.82) is 0 Å². The Bertz CT molecular complexity index is 496. The maximum Gasteiger partial charge on any atom is 0.106 e. The second kappa shape index (κ2) is 6.85. The average Bonchev–Trinajstić information content (AvgIpc) is 2.85. The van der Waals surface area contributed by atoms with E-state index in [2.05, 4.69) is 28.7 Å². The number of hydrogen-bond acceptors (Lipinski definition) is 5. The molecule has 0 radical (unpaired) electrons. The Morgan fingerprint density at radius 1 is 1.33 bits per heavy atom. The van der Waals surface area contributed by atoms with Crippen molar-refractivity contribution in [2.24, 2.45) is 0 Å². The maximum absolute atomic E-state index is 6.10. The van der Waals surface area contributed by atoms with Gasteiger partial charge in [0.2, 0.25) is 0 Å². The second-order valence-corrected chi connectivity index (χ2v) is 6.08. The summed E-state index contributed by atoms with van der Waals surface area (Å²) >= 11 is 3.54. The smallest absolute Gasteiger partial charge is 0.106 e. The van der Waals surface area contributed by atoms with Crippen molar-refractivity contribution in [2.45, 2.75) is 19.3 Å². The predicted molar refractivity (Wildman–Crippen MR) is 84.8 cm³/mol. The molecule has 98 valence electrons. The topological polar surface area (TPSA) is 50.9 Å². The van der Waals surface area contributed by atoms with Gasteiger partial charge in [-0.2, -0.15) is 11.8 Å². The first kappa shape index (κ1) is 13.5. The first-order valence-corrected chi connectivity index (χ1v) is 8.44. The van der Waals surface area contributed by atoms with Crippen molar-refractivity contribution in [2.75, 3.05) is 29.6 Å². The number of fused-ring (bicyclic) bond motifs is 1. The van der Waals surface area contributed by atoms with Gasteiger partial charge in [0.1, 0.15) is 5.52 Å². The summed E-state index contributed by atoms with van der Waals surface area (Å²) in [6, 6.07) is 4.14. The van der Waals surface area contributed by atoms with Gasteiger partial charge in [-0.25, -0.2) is 4.98 Å². The maximum atomic E-state index is 6.10. The Morgan fingerprint density at radius 2 is 2.22 bits per heavy atom. The van der Waals surface area contributed by atoms with E-state index in [1.165, 1.54) is 25.0 Å². The van der Waals surface area contributed by atoms with Gasteiger partial charge in [0.05, 0.1) is 21.6 Å². The zero-order chi connectivity index (χ0) is 12.8. The molecule has 0 bridgehead atoms. The summed E-state index contributed by atoms with van der Waals surface area (Å²) in [4.78, 5) is 4.30. The van der Waals surface area contributed by atoms with E-state index in [1.807, 2.05) is 17.3 Å². The molecular weight excluding hydrogens is 262 g/mol. The number of nitrogens with two attached hydrogens (primary N) is 1. The predicted octanol–water partition coefficient (Wildman–Crippen LogP) is 3.82.